The molecule has 68 valence electrons. The van der Waals surface area contributed by atoms with E-state index in [4.69, 9.17) is 9.47 Å². The minimum Gasteiger partial charge on any atom is -0.381 e. The normalized spacial score (nSPS) is 11.5. The molecule has 3 nitrogen and oxygen atoms in total. The molecule has 0 aromatic rings. The molecular weight excluding hydrogens is 156 g/mol. The van der Waals surface area contributed by atoms with Crippen molar-refractivity contribution in [2.24, 2.45) is 0 Å². The molecule has 0 aromatic carbocycles. The van der Waals surface area contributed by atoms with Gasteiger partial charge < -0.3 is 9.47 Å². The van der Waals surface area contributed by atoms with Gasteiger partial charge in [-0.15, -0.1) is 0 Å². The number of hydrogen-bond donors (Lipinski definition) is 0. The average Bonchev–Trinajstić information content (AvgIpc) is 2.06. The van der Waals surface area contributed by atoms with Crippen molar-refractivity contribution in [3.05, 3.63) is 24.3 Å². The first-order valence-electron chi connectivity index (χ1n) is 3.66. The zero-order valence-electron chi connectivity index (χ0n) is 7.45. The SMILES string of the molecule is COCC=CC(=O)C=CCOC. The second-order valence-corrected chi connectivity index (χ2v) is 2.12. The highest BCUT2D eigenvalue weighted by atomic mass is 16.5. The summed E-state index contributed by atoms with van der Waals surface area (Å²) in [7, 11) is 3.16. The van der Waals surface area contributed by atoms with Crippen LogP contribution in [0.3, 0.4) is 0 Å². The van der Waals surface area contributed by atoms with Crippen molar-refractivity contribution in [1.29, 1.82) is 0 Å². The molecule has 0 aromatic heterocycles. The summed E-state index contributed by atoms with van der Waals surface area (Å²) in [6, 6.07) is 0. The summed E-state index contributed by atoms with van der Waals surface area (Å²) >= 11 is 0. The van der Waals surface area contributed by atoms with E-state index in [-0.39, 0.29) is 5.78 Å². The van der Waals surface area contributed by atoms with Crippen LogP contribution in [0.2, 0.25) is 0 Å². The van der Waals surface area contributed by atoms with Gasteiger partial charge in [-0.3, -0.25) is 4.79 Å². The fourth-order valence-electron chi connectivity index (χ4n) is 0.577. The first kappa shape index (κ1) is 11.1. The lowest BCUT2D eigenvalue weighted by Crippen LogP contribution is -1.89. The number of carbonyl (C=O) groups excluding carboxylic acids is 1. The number of methoxy groups -OCH3 is 2. The van der Waals surface area contributed by atoms with E-state index in [9.17, 15) is 4.79 Å². The molecule has 0 spiro atoms. The maximum Gasteiger partial charge on any atom is 0.178 e. The predicted octanol–water partition coefficient (Wildman–Crippen LogP) is 0.961. The Morgan fingerprint density at radius 3 is 1.83 bits per heavy atom. The largest absolute Gasteiger partial charge is 0.381 e. The number of allylic oxidation sites excluding steroid dienone is 2. The van der Waals surface area contributed by atoms with E-state index in [1.807, 2.05) is 0 Å². The molecule has 0 amide bonds. The topological polar surface area (TPSA) is 35.5 Å². The number of rotatable bonds is 6. The molecule has 0 heterocycles. The summed E-state index contributed by atoms with van der Waals surface area (Å²) in [4.78, 5) is 10.9. The second kappa shape index (κ2) is 8.17. The zero-order chi connectivity index (χ0) is 9.23. The quantitative estimate of drug-likeness (QED) is 0.557. The molecule has 3 heteroatoms. The van der Waals surface area contributed by atoms with Gasteiger partial charge in [-0.05, 0) is 12.2 Å². The Kier molecular flexibility index (Phi) is 7.54. The van der Waals surface area contributed by atoms with Crippen molar-refractivity contribution in [2.45, 2.75) is 0 Å². The van der Waals surface area contributed by atoms with Gasteiger partial charge in [-0.1, -0.05) is 12.2 Å². The van der Waals surface area contributed by atoms with Gasteiger partial charge in [-0.25, -0.2) is 0 Å². The van der Waals surface area contributed by atoms with Crippen molar-refractivity contribution in [1.82, 2.24) is 0 Å². The molecule has 0 bridgehead atoms. The highest BCUT2D eigenvalue weighted by Crippen LogP contribution is 1.82. The fourth-order valence-corrected chi connectivity index (χ4v) is 0.577. The Morgan fingerprint density at radius 2 is 1.50 bits per heavy atom. The first-order chi connectivity index (χ1) is 5.81. The summed E-state index contributed by atoms with van der Waals surface area (Å²) in [5, 5.41) is 0. The molecular formula is C9H14O3. The van der Waals surface area contributed by atoms with Gasteiger partial charge >= 0.3 is 0 Å². The number of ketones is 1. The van der Waals surface area contributed by atoms with E-state index < -0.39 is 0 Å². The Balaban J connectivity index is 3.58. The molecule has 0 saturated heterocycles. The highest BCUT2D eigenvalue weighted by Gasteiger charge is 1.85. The van der Waals surface area contributed by atoms with Crippen LogP contribution in [0, 0.1) is 0 Å². The molecule has 0 radical (unpaired) electrons. The third-order valence-corrected chi connectivity index (χ3v) is 1.09. The minimum absolute atomic E-state index is 0.0518. The van der Waals surface area contributed by atoms with Gasteiger partial charge in [0.05, 0.1) is 13.2 Å². The lowest BCUT2D eigenvalue weighted by atomic mass is 10.3. The Hall–Kier alpha value is -0.930. The van der Waals surface area contributed by atoms with Crippen molar-refractivity contribution in [3.63, 3.8) is 0 Å². The minimum atomic E-state index is -0.0518. The summed E-state index contributed by atoms with van der Waals surface area (Å²) in [5.41, 5.74) is 0. The molecule has 0 atom stereocenters. The Morgan fingerprint density at radius 1 is 1.08 bits per heavy atom. The highest BCUT2D eigenvalue weighted by molar-refractivity contribution is 5.99. The summed E-state index contributed by atoms with van der Waals surface area (Å²) < 4.78 is 9.46. The van der Waals surface area contributed by atoms with Crippen LogP contribution in [0.5, 0.6) is 0 Å². The molecule has 0 aliphatic heterocycles. The van der Waals surface area contributed by atoms with Crippen molar-refractivity contribution < 1.29 is 14.3 Å². The van der Waals surface area contributed by atoms with Crippen LogP contribution >= 0.6 is 0 Å². The third kappa shape index (κ3) is 7.18. The van der Waals surface area contributed by atoms with Crippen LogP contribution in [0.4, 0.5) is 0 Å². The van der Waals surface area contributed by atoms with Gasteiger partial charge in [0.25, 0.3) is 0 Å². The first-order valence-corrected chi connectivity index (χ1v) is 3.66. The van der Waals surface area contributed by atoms with Gasteiger partial charge in [0, 0.05) is 14.2 Å². The van der Waals surface area contributed by atoms with Gasteiger partial charge in [0.1, 0.15) is 0 Å². The molecule has 12 heavy (non-hydrogen) atoms. The summed E-state index contributed by atoms with van der Waals surface area (Å²) in [6.07, 6.45) is 6.27. The molecule has 0 saturated carbocycles. The molecule has 0 aliphatic carbocycles. The van der Waals surface area contributed by atoms with Gasteiger partial charge in [-0.2, -0.15) is 0 Å². The van der Waals surface area contributed by atoms with E-state index in [1.165, 1.54) is 12.2 Å². The molecule has 0 N–H and O–H groups in total. The maximum absolute atomic E-state index is 10.9. The molecule has 0 fully saturated rings. The standard InChI is InChI=1S/C9H14O3/c1-11-7-3-5-9(10)6-4-8-12-2/h3-6H,7-8H2,1-2H3. The van der Waals surface area contributed by atoms with Crippen LogP contribution in [-0.2, 0) is 14.3 Å². The monoisotopic (exact) mass is 170 g/mol. The van der Waals surface area contributed by atoms with Crippen LogP contribution < -0.4 is 0 Å². The number of carbonyl (C=O) groups is 1. The van der Waals surface area contributed by atoms with Crippen LogP contribution in [0.1, 0.15) is 0 Å². The van der Waals surface area contributed by atoms with Crippen LogP contribution in [-0.4, -0.2) is 33.2 Å². The van der Waals surface area contributed by atoms with Gasteiger partial charge in [0.2, 0.25) is 0 Å². The maximum atomic E-state index is 10.9. The molecule has 0 unspecified atom stereocenters. The fraction of sp³-hybridized carbons (Fsp3) is 0.444. The molecule has 0 rings (SSSR count). The zero-order valence-corrected chi connectivity index (χ0v) is 7.45. The van der Waals surface area contributed by atoms with Crippen molar-refractivity contribution in [2.75, 3.05) is 27.4 Å². The van der Waals surface area contributed by atoms with E-state index in [0.717, 1.165) is 0 Å². The second-order valence-electron chi connectivity index (χ2n) is 2.12. The summed E-state index contributed by atoms with van der Waals surface area (Å²) in [5.74, 6) is -0.0518. The number of hydrogen-bond acceptors (Lipinski definition) is 3. The predicted molar refractivity (Wildman–Crippen MR) is 47.0 cm³/mol. The lowest BCUT2D eigenvalue weighted by molar-refractivity contribution is -0.110. The van der Waals surface area contributed by atoms with Crippen molar-refractivity contribution in [3.8, 4) is 0 Å². The van der Waals surface area contributed by atoms with E-state index in [1.54, 1.807) is 26.4 Å². The van der Waals surface area contributed by atoms with E-state index >= 15 is 0 Å². The smallest absolute Gasteiger partial charge is 0.178 e. The summed E-state index contributed by atoms with van der Waals surface area (Å²) in [6.45, 7) is 0.924. The number of ether oxygens (including phenoxy) is 2. The Labute approximate surface area is 72.7 Å². The lowest BCUT2D eigenvalue weighted by Gasteiger charge is -1.87. The van der Waals surface area contributed by atoms with Crippen LogP contribution in [0.15, 0.2) is 24.3 Å². The third-order valence-electron chi connectivity index (χ3n) is 1.09. The Bertz CT molecular complexity index is 153. The van der Waals surface area contributed by atoms with Crippen molar-refractivity contribution >= 4 is 5.78 Å². The molecule has 0 aliphatic rings. The average molecular weight is 170 g/mol. The van der Waals surface area contributed by atoms with E-state index in [0.29, 0.717) is 13.2 Å². The van der Waals surface area contributed by atoms with E-state index in [2.05, 4.69) is 0 Å². The van der Waals surface area contributed by atoms with Gasteiger partial charge in [0.15, 0.2) is 5.78 Å². The van der Waals surface area contributed by atoms with Crippen LogP contribution in [0.25, 0.3) is 0 Å².